The number of fused-ring (bicyclic) bond motifs is 8. The van der Waals surface area contributed by atoms with Crippen molar-refractivity contribution in [3.63, 3.8) is 0 Å². The van der Waals surface area contributed by atoms with Crippen LogP contribution in [0.3, 0.4) is 0 Å². The molecule has 0 unspecified atom stereocenters. The molecule has 136 valence electrons. The van der Waals surface area contributed by atoms with E-state index in [0.717, 1.165) is 12.8 Å². The summed E-state index contributed by atoms with van der Waals surface area (Å²) in [5, 5.41) is 7.26. The smallest absolute Gasteiger partial charge is 0.0892 e. The first-order chi connectivity index (χ1) is 13.8. The molecule has 0 aliphatic heterocycles. The van der Waals surface area contributed by atoms with E-state index in [1.54, 1.807) is 0 Å². The molecule has 0 spiro atoms. The molecule has 6 rings (SSSR count). The SMILES string of the molecule is CNc1cc2ccc3c(c2s1)-c1ccc2cc(CCc4ccccc4)sc2c1-3. The van der Waals surface area contributed by atoms with Crippen molar-refractivity contribution in [1.29, 1.82) is 0 Å². The van der Waals surface area contributed by atoms with Crippen LogP contribution in [0.1, 0.15) is 10.4 Å². The first kappa shape index (κ1) is 16.3. The van der Waals surface area contributed by atoms with Crippen molar-refractivity contribution in [2.45, 2.75) is 12.8 Å². The Morgan fingerprint density at radius 2 is 1.39 bits per heavy atom. The van der Waals surface area contributed by atoms with Gasteiger partial charge in [0, 0.05) is 32.5 Å². The Balaban J connectivity index is 1.40. The zero-order valence-electron chi connectivity index (χ0n) is 15.6. The van der Waals surface area contributed by atoms with E-state index in [9.17, 15) is 0 Å². The minimum Gasteiger partial charge on any atom is -0.380 e. The maximum Gasteiger partial charge on any atom is 0.0892 e. The van der Waals surface area contributed by atoms with E-state index in [0.29, 0.717) is 0 Å². The van der Waals surface area contributed by atoms with E-state index in [2.05, 4.69) is 72.0 Å². The lowest BCUT2D eigenvalue weighted by atomic mass is 9.79. The highest BCUT2D eigenvalue weighted by molar-refractivity contribution is 7.23. The molecule has 1 aliphatic rings. The van der Waals surface area contributed by atoms with Crippen LogP contribution in [0.15, 0.2) is 66.7 Å². The number of rotatable bonds is 4. The fourth-order valence-electron chi connectivity index (χ4n) is 4.31. The Morgan fingerprint density at radius 1 is 0.714 bits per heavy atom. The summed E-state index contributed by atoms with van der Waals surface area (Å²) in [5.41, 5.74) is 7.17. The normalized spacial score (nSPS) is 12.0. The van der Waals surface area contributed by atoms with Gasteiger partial charge in [0.25, 0.3) is 0 Å². The van der Waals surface area contributed by atoms with Gasteiger partial charge in [-0.05, 0) is 52.4 Å². The van der Waals surface area contributed by atoms with Crippen molar-refractivity contribution in [1.82, 2.24) is 0 Å². The van der Waals surface area contributed by atoms with Gasteiger partial charge in [0.05, 0.1) is 5.00 Å². The average Bonchev–Trinajstić information content (AvgIpc) is 3.31. The van der Waals surface area contributed by atoms with Gasteiger partial charge in [-0.3, -0.25) is 0 Å². The maximum atomic E-state index is 3.29. The minimum atomic E-state index is 1.11. The van der Waals surface area contributed by atoms with Crippen molar-refractivity contribution in [3.8, 4) is 22.3 Å². The first-order valence-electron chi connectivity index (χ1n) is 9.66. The minimum absolute atomic E-state index is 1.11. The molecule has 1 nitrogen and oxygen atoms in total. The van der Waals surface area contributed by atoms with Gasteiger partial charge >= 0.3 is 0 Å². The Morgan fingerprint density at radius 3 is 2.11 bits per heavy atom. The van der Waals surface area contributed by atoms with Crippen LogP contribution in [0, 0.1) is 0 Å². The van der Waals surface area contributed by atoms with Crippen molar-refractivity contribution >= 4 is 47.8 Å². The zero-order valence-corrected chi connectivity index (χ0v) is 17.2. The summed E-state index contributed by atoms with van der Waals surface area (Å²) in [6.07, 6.45) is 2.22. The summed E-state index contributed by atoms with van der Waals surface area (Å²) in [7, 11) is 2.00. The maximum absolute atomic E-state index is 3.29. The van der Waals surface area contributed by atoms with Gasteiger partial charge in [0.1, 0.15) is 0 Å². The number of hydrogen-bond donors (Lipinski definition) is 1. The molecule has 5 aromatic rings. The van der Waals surface area contributed by atoms with Gasteiger partial charge in [-0.25, -0.2) is 0 Å². The molecule has 1 N–H and O–H groups in total. The highest BCUT2D eigenvalue weighted by Crippen LogP contribution is 2.56. The van der Waals surface area contributed by atoms with Gasteiger partial charge in [-0.15, -0.1) is 22.7 Å². The Labute approximate surface area is 172 Å². The lowest BCUT2D eigenvalue weighted by Crippen LogP contribution is -1.98. The molecule has 3 heteroatoms. The molecule has 0 bridgehead atoms. The van der Waals surface area contributed by atoms with Crippen LogP contribution in [0.25, 0.3) is 42.4 Å². The fraction of sp³-hybridized carbons (Fsp3) is 0.120. The molecule has 0 saturated carbocycles. The number of anilines is 1. The number of nitrogens with one attached hydrogen (secondary N) is 1. The van der Waals surface area contributed by atoms with E-state index in [-0.39, 0.29) is 0 Å². The second-order valence-electron chi connectivity index (χ2n) is 7.37. The van der Waals surface area contributed by atoms with Crippen LogP contribution in [-0.4, -0.2) is 7.05 Å². The van der Waals surface area contributed by atoms with Crippen LogP contribution < -0.4 is 5.32 Å². The van der Waals surface area contributed by atoms with Crippen LogP contribution in [0.2, 0.25) is 0 Å². The van der Waals surface area contributed by atoms with Crippen molar-refractivity contribution < 1.29 is 0 Å². The Kier molecular flexibility index (Phi) is 3.62. The molecule has 2 heterocycles. The number of hydrogen-bond acceptors (Lipinski definition) is 3. The summed E-state index contributed by atoms with van der Waals surface area (Å²) in [5.74, 6) is 0. The van der Waals surface area contributed by atoms with Crippen molar-refractivity contribution in [3.05, 3.63) is 77.2 Å². The Bertz CT molecular complexity index is 1340. The van der Waals surface area contributed by atoms with E-state index in [1.807, 2.05) is 29.7 Å². The Hall–Kier alpha value is -2.62. The number of aryl methyl sites for hydroxylation is 2. The molecule has 1 aliphatic carbocycles. The molecule has 0 radical (unpaired) electrons. The quantitative estimate of drug-likeness (QED) is 0.323. The highest BCUT2D eigenvalue weighted by atomic mass is 32.1. The second kappa shape index (κ2) is 6.20. The molecule has 3 aromatic carbocycles. The highest BCUT2D eigenvalue weighted by Gasteiger charge is 2.28. The van der Waals surface area contributed by atoms with E-state index < -0.39 is 0 Å². The second-order valence-corrected chi connectivity index (χ2v) is 9.56. The van der Waals surface area contributed by atoms with Crippen LogP contribution in [-0.2, 0) is 12.8 Å². The number of benzene rings is 3. The van der Waals surface area contributed by atoms with E-state index in [4.69, 9.17) is 0 Å². The van der Waals surface area contributed by atoms with Gasteiger partial charge in [-0.1, -0.05) is 54.6 Å². The van der Waals surface area contributed by atoms with Crippen molar-refractivity contribution in [2.75, 3.05) is 12.4 Å². The fourth-order valence-corrected chi connectivity index (χ4v) is 6.60. The summed E-state index contributed by atoms with van der Waals surface area (Å²) in [6.45, 7) is 0. The number of thiophene rings is 2. The van der Waals surface area contributed by atoms with Crippen LogP contribution in [0.5, 0.6) is 0 Å². The summed E-state index contributed by atoms with van der Waals surface area (Å²) in [6, 6.07) is 24.7. The van der Waals surface area contributed by atoms with Crippen molar-refractivity contribution in [2.24, 2.45) is 0 Å². The lowest BCUT2D eigenvalue weighted by molar-refractivity contribution is 0.982. The molecule has 28 heavy (non-hydrogen) atoms. The topological polar surface area (TPSA) is 12.0 Å². The summed E-state index contributed by atoms with van der Waals surface area (Å²) >= 11 is 3.84. The largest absolute Gasteiger partial charge is 0.380 e. The molecular formula is C25H19NS2. The van der Waals surface area contributed by atoms with Gasteiger partial charge in [0.15, 0.2) is 0 Å². The third-order valence-electron chi connectivity index (χ3n) is 5.71. The van der Waals surface area contributed by atoms with Gasteiger partial charge in [0.2, 0.25) is 0 Å². The molecule has 0 amide bonds. The first-order valence-corrected chi connectivity index (χ1v) is 11.3. The van der Waals surface area contributed by atoms with Gasteiger partial charge in [-0.2, -0.15) is 0 Å². The predicted octanol–water partition coefficient (Wildman–Crippen LogP) is 7.59. The molecule has 0 atom stereocenters. The van der Waals surface area contributed by atoms with E-state index >= 15 is 0 Å². The molecule has 2 aromatic heterocycles. The average molecular weight is 398 g/mol. The molecular weight excluding hydrogens is 378 g/mol. The van der Waals surface area contributed by atoms with Crippen LogP contribution in [0.4, 0.5) is 5.00 Å². The van der Waals surface area contributed by atoms with E-state index in [1.165, 1.54) is 57.9 Å². The standard InChI is InChI=1S/C25H19NS2/c1-26-21-14-17-9-12-20-22-19(23(20)25(17)28-21)11-8-16-13-18(27-24(16)22)10-7-15-5-3-2-4-6-15/h2-6,8-9,11-14,26H,7,10H2,1H3. The molecule has 0 fully saturated rings. The zero-order chi connectivity index (χ0) is 18.7. The third-order valence-corrected chi connectivity index (χ3v) is 8.13. The van der Waals surface area contributed by atoms with Crippen LogP contribution >= 0.6 is 22.7 Å². The summed E-state index contributed by atoms with van der Waals surface area (Å²) in [4.78, 5) is 1.48. The summed E-state index contributed by atoms with van der Waals surface area (Å²) < 4.78 is 2.87. The third kappa shape index (κ3) is 2.36. The predicted molar refractivity (Wildman–Crippen MR) is 125 cm³/mol. The monoisotopic (exact) mass is 397 g/mol. The van der Waals surface area contributed by atoms with Gasteiger partial charge < -0.3 is 5.32 Å². The lowest BCUT2D eigenvalue weighted by Gasteiger charge is -2.25. The molecule has 0 saturated heterocycles.